The Morgan fingerprint density at radius 2 is 1.93 bits per heavy atom. The van der Waals surface area contributed by atoms with Crippen LogP contribution in [0.25, 0.3) is 17.1 Å². The fourth-order valence-corrected chi connectivity index (χ4v) is 2.71. The van der Waals surface area contributed by atoms with Gasteiger partial charge in [0.15, 0.2) is 5.82 Å². The van der Waals surface area contributed by atoms with Crippen LogP contribution in [-0.2, 0) is 16.0 Å². The molecule has 0 bridgehead atoms. The van der Waals surface area contributed by atoms with Gasteiger partial charge >= 0.3 is 5.97 Å². The number of aryl methyl sites for hydroxylation is 1. The van der Waals surface area contributed by atoms with E-state index in [0.717, 1.165) is 17.0 Å². The molecule has 0 atom stereocenters. The van der Waals surface area contributed by atoms with Gasteiger partial charge in [0, 0.05) is 23.2 Å². The van der Waals surface area contributed by atoms with Crippen molar-refractivity contribution in [2.24, 2.45) is 5.73 Å². The van der Waals surface area contributed by atoms with Crippen molar-refractivity contribution in [3.63, 3.8) is 0 Å². The summed E-state index contributed by atoms with van der Waals surface area (Å²) in [7, 11) is 1.37. The molecule has 8 nitrogen and oxygen atoms in total. The van der Waals surface area contributed by atoms with E-state index in [1.165, 1.54) is 7.11 Å². The average Bonchev–Trinajstić information content (AvgIpc) is 3.06. The van der Waals surface area contributed by atoms with E-state index in [1.807, 2.05) is 35.8 Å². The fraction of sp³-hybridized carbons (Fsp3) is 0.211. The van der Waals surface area contributed by atoms with Crippen molar-refractivity contribution >= 4 is 11.8 Å². The minimum absolute atomic E-state index is 0.0259. The largest absolute Gasteiger partial charge is 0.469 e. The summed E-state index contributed by atoms with van der Waals surface area (Å²) in [6.45, 7) is 1.89. The van der Waals surface area contributed by atoms with Crippen LogP contribution in [0, 0.1) is 12.3 Å². The van der Waals surface area contributed by atoms with Crippen molar-refractivity contribution in [2.45, 2.75) is 19.8 Å². The van der Waals surface area contributed by atoms with E-state index in [2.05, 4.69) is 15.2 Å². The van der Waals surface area contributed by atoms with Crippen molar-refractivity contribution in [1.29, 1.82) is 5.41 Å². The molecule has 0 saturated carbocycles. The Morgan fingerprint density at radius 1 is 1.19 bits per heavy atom. The van der Waals surface area contributed by atoms with E-state index in [1.54, 1.807) is 18.5 Å². The molecule has 8 heteroatoms. The van der Waals surface area contributed by atoms with Gasteiger partial charge in [0.2, 0.25) is 0 Å². The summed E-state index contributed by atoms with van der Waals surface area (Å²) in [4.78, 5) is 15.7. The molecule has 27 heavy (non-hydrogen) atoms. The second-order valence-electron chi connectivity index (χ2n) is 5.99. The quantitative estimate of drug-likeness (QED) is 0.392. The lowest BCUT2D eigenvalue weighted by Gasteiger charge is -2.08. The maximum Gasteiger partial charge on any atom is 0.305 e. The highest BCUT2D eigenvalue weighted by molar-refractivity contribution is 5.95. The topological polar surface area (TPSA) is 120 Å². The number of esters is 1. The van der Waals surface area contributed by atoms with Gasteiger partial charge in [-0.25, -0.2) is 4.98 Å². The Hall–Kier alpha value is -3.55. The molecule has 138 valence electrons. The lowest BCUT2D eigenvalue weighted by molar-refractivity contribution is -0.140. The third-order valence-electron chi connectivity index (χ3n) is 4.26. The zero-order chi connectivity index (χ0) is 19.4. The van der Waals surface area contributed by atoms with Crippen LogP contribution in [0.4, 0.5) is 0 Å². The highest BCUT2D eigenvalue weighted by atomic mass is 16.5. The zero-order valence-corrected chi connectivity index (χ0v) is 15.1. The molecule has 1 aromatic carbocycles. The van der Waals surface area contributed by atoms with Gasteiger partial charge in [0.25, 0.3) is 0 Å². The molecule has 0 fully saturated rings. The summed E-state index contributed by atoms with van der Waals surface area (Å²) in [5.74, 6) is 0.384. The molecule has 3 aromatic rings. The van der Waals surface area contributed by atoms with Gasteiger partial charge < -0.3 is 10.5 Å². The van der Waals surface area contributed by atoms with Crippen molar-refractivity contribution in [3.05, 3.63) is 59.7 Å². The molecular weight excluding hydrogens is 344 g/mol. The number of aromatic nitrogens is 4. The second-order valence-corrected chi connectivity index (χ2v) is 5.99. The van der Waals surface area contributed by atoms with Crippen molar-refractivity contribution in [1.82, 2.24) is 19.7 Å². The number of ether oxygens (including phenoxy) is 1. The number of nitrogens with one attached hydrogen (secondary N) is 1. The van der Waals surface area contributed by atoms with Gasteiger partial charge in [-0.2, -0.15) is 0 Å². The SMILES string of the molecule is COC(=O)CCc1c(C)ncn1-c1ccc(-c2ccc(C(=N)N)cc2)nn1. The number of carbonyl (C=O) groups is 1. The van der Waals surface area contributed by atoms with Crippen LogP contribution in [0.1, 0.15) is 23.4 Å². The minimum atomic E-state index is -0.266. The van der Waals surface area contributed by atoms with Gasteiger partial charge in [0.1, 0.15) is 12.2 Å². The highest BCUT2D eigenvalue weighted by Crippen LogP contribution is 2.19. The number of carbonyl (C=O) groups excluding carboxylic acids is 1. The van der Waals surface area contributed by atoms with Crippen LogP contribution in [-0.4, -0.2) is 38.7 Å². The molecule has 0 aliphatic heterocycles. The molecule has 0 spiro atoms. The van der Waals surface area contributed by atoms with E-state index < -0.39 is 0 Å². The number of benzene rings is 1. The molecule has 0 radical (unpaired) electrons. The van der Waals surface area contributed by atoms with Crippen LogP contribution in [0.2, 0.25) is 0 Å². The van der Waals surface area contributed by atoms with Crippen LogP contribution in [0.3, 0.4) is 0 Å². The molecule has 0 unspecified atom stereocenters. The number of amidine groups is 1. The van der Waals surface area contributed by atoms with E-state index in [9.17, 15) is 4.79 Å². The van der Waals surface area contributed by atoms with Crippen molar-refractivity contribution < 1.29 is 9.53 Å². The Balaban J connectivity index is 1.83. The molecule has 0 saturated heterocycles. The summed E-state index contributed by atoms with van der Waals surface area (Å²) in [5, 5.41) is 16.0. The minimum Gasteiger partial charge on any atom is -0.469 e. The predicted molar refractivity (Wildman–Crippen MR) is 101 cm³/mol. The first-order valence-corrected chi connectivity index (χ1v) is 8.38. The number of nitrogen functional groups attached to an aromatic ring is 1. The maximum atomic E-state index is 11.4. The molecule has 0 amide bonds. The number of rotatable bonds is 6. The van der Waals surface area contributed by atoms with E-state index >= 15 is 0 Å². The lowest BCUT2D eigenvalue weighted by Crippen LogP contribution is -2.10. The third-order valence-corrected chi connectivity index (χ3v) is 4.26. The van der Waals surface area contributed by atoms with Gasteiger partial charge in [-0.1, -0.05) is 24.3 Å². The maximum absolute atomic E-state index is 11.4. The van der Waals surface area contributed by atoms with Gasteiger partial charge in [-0.3, -0.25) is 14.8 Å². The molecule has 3 N–H and O–H groups in total. The van der Waals surface area contributed by atoms with Crippen LogP contribution in [0.15, 0.2) is 42.7 Å². The first-order valence-electron chi connectivity index (χ1n) is 8.38. The summed E-state index contributed by atoms with van der Waals surface area (Å²) in [6, 6.07) is 11.0. The van der Waals surface area contributed by atoms with Crippen molar-refractivity contribution in [3.8, 4) is 17.1 Å². The fourth-order valence-electron chi connectivity index (χ4n) is 2.71. The highest BCUT2D eigenvalue weighted by Gasteiger charge is 2.13. The number of hydrogen-bond donors (Lipinski definition) is 2. The monoisotopic (exact) mass is 364 g/mol. The average molecular weight is 364 g/mol. The van der Waals surface area contributed by atoms with Gasteiger partial charge in [-0.05, 0) is 19.1 Å². The Morgan fingerprint density at radius 3 is 2.52 bits per heavy atom. The zero-order valence-electron chi connectivity index (χ0n) is 15.1. The molecular formula is C19H20N6O2. The molecule has 0 aliphatic carbocycles. The number of methoxy groups -OCH3 is 1. The number of nitrogens with zero attached hydrogens (tertiary/aromatic N) is 4. The Bertz CT molecular complexity index is 961. The van der Waals surface area contributed by atoms with E-state index in [0.29, 0.717) is 23.5 Å². The molecule has 2 heterocycles. The molecule has 2 aromatic heterocycles. The van der Waals surface area contributed by atoms with Crippen LogP contribution < -0.4 is 5.73 Å². The summed E-state index contributed by atoms with van der Waals surface area (Å²) in [6.07, 6.45) is 2.46. The van der Waals surface area contributed by atoms with Gasteiger partial charge in [0.05, 0.1) is 24.9 Å². The van der Waals surface area contributed by atoms with Crippen LogP contribution >= 0.6 is 0 Å². The molecule has 0 aliphatic rings. The normalized spacial score (nSPS) is 10.6. The summed E-state index contributed by atoms with van der Waals surface area (Å²) in [5.41, 5.74) is 9.46. The van der Waals surface area contributed by atoms with Crippen LogP contribution in [0.5, 0.6) is 0 Å². The molecule has 3 rings (SSSR count). The smallest absolute Gasteiger partial charge is 0.305 e. The summed E-state index contributed by atoms with van der Waals surface area (Å²) < 4.78 is 6.53. The Kier molecular flexibility index (Phi) is 5.25. The number of hydrogen-bond acceptors (Lipinski definition) is 6. The first kappa shape index (κ1) is 18.2. The second kappa shape index (κ2) is 7.77. The van der Waals surface area contributed by atoms with Crippen molar-refractivity contribution in [2.75, 3.05) is 7.11 Å². The lowest BCUT2D eigenvalue weighted by atomic mass is 10.1. The van der Waals surface area contributed by atoms with Gasteiger partial charge in [-0.15, -0.1) is 10.2 Å². The number of nitrogens with two attached hydrogens (primary N) is 1. The summed E-state index contributed by atoms with van der Waals surface area (Å²) >= 11 is 0. The van der Waals surface area contributed by atoms with E-state index in [4.69, 9.17) is 15.9 Å². The Labute approximate surface area is 156 Å². The third kappa shape index (κ3) is 4.00. The van der Waals surface area contributed by atoms with E-state index in [-0.39, 0.29) is 18.2 Å². The first-order chi connectivity index (χ1) is 13.0. The number of imidazole rings is 1. The standard InChI is InChI=1S/C19H20N6O2/c1-12-16(8-10-18(26)27-2)25(11-22-12)17-9-7-15(23-24-17)13-3-5-14(6-4-13)19(20)21/h3-7,9,11H,8,10H2,1-2H3,(H3,20,21). The predicted octanol–water partition coefficient (Wildman–Crippen LogP) is 2.03.